The number of aromatic nitrogens is 1. The third-order valence-electron chi connectivity index (χ3n) is 2.63. The number of hydrogen-bond acceptors (Lipinski definition) is 3. The number of pyridine rings is 1. The number of hydrogen-bond donors (Lipinski definition) is 1. The van der Waals surface area contributed by atoms with Gasteiger partial charge in [0.15, 0.2) is 0 Å². The number of para-hydroxylation sites is 1. The molecule has 2 N–H and O–H groups in total. The fourth-order valence-corrected chi connectivity index (χ4v) is 1.82. The van der Waals surface area contributed by atoms with E-state index in [-0.39, 0.29) is 0 Å². The van der Waals surface area contributed by atoms with Gasteiger partial charge in [0.2, 0.25) is 0 Å². The lowest BCUT2D eigenvalue weighted by molar-refractivity contribution is 0.312. The van der Waals surface area contributed by atoms with Crippen LogP contribution in [0.25, 0.3) is 0 Å². The number of nitrogens with two attached hydrogens (primary N) is 1. The lowest BCUT2D eigenvalue weighted by Gasteiger charge is -2.09. The summed E-state index contributed by atoms with van der Waals surface area (Å²) in [5.41, 5.74) is 7.57. The first kappa shape index (κ1) is 12.7. The van der Waals surface area contributed by atoms with Crippen molar-refractivity contribution in [3.63, 3.8) is 0 Å². The van der Waals surface area contributed by atoms with E-state index < -0.39 is 0 Å². The Labute approximate surface area is 112 Å². The van der Waals surface area contributed by atoms with Crippen LogP contribution >= 0.6 is 11.6 Å². The number of ether oxygens (including phenoxy) is 1. The zero-order valence-corrected chi connectivity index (χ0v) is 10.7. The van der Waals surface area contributed by atoms with E-state index in [2.05, 4.69) is 4.98 Å². The predicted molar refractivity (Wildman–Crippen MR) is 73.9 cm³/mol. The average molecular weight is 263 g/mol. The minimum Gasteiger partial charge on any atom is -0.491 e. The molecule has 0 atom stereocenters. The zero-order valence-electron chi connectivity index (χ0n) is 9.97. The highest BCUT2D eigenvalue weighted by Crippen LogP contribution is 2.28. The predicted octanol–water partition coefficient (Wildman–Crippen LogP) is 3.33. The summed E-state index contributed by atoms with van der Waals surface area (Å²) in [6.45, 7) is 0.618. The van der Waals surface area contributed by atoms with E-state index in [4.69, 9.17) is 22.1 Å². The molecule has 0 aliphatic heterocycles. The molecule has 0 spiro atoms. The molecule has 0 fully saturated rings. The van der Waals surface area contributed by atoms with Crippen LogP contribution in [0, 0.1) is 0 Å². The Balaban J connectivity index is 1.81. The van der Waals surface area contributed by atoms with E-state index >= 15 is 0 Å². The van der Waals surface area contributed by atoms with Crippen LogP contribution in [0.1, 0.15) is 12.0 Å². The van der Waals surface area contributed by atoms with E-state index in [9.17, 15) is 0 Å². The number of halogens is 1. The molecule has 2 aromatic rings. The van der Waals surface area contributed by atoms with Crippen LogP contribution in [0.5, 0.6) is 5.75 Å². The van der Waals surface area contributed by atoms with Crippen LogP contribution < -0.4 is 10.5 Å². The van der Waals surface area contributed by atoms with Gasteiger partial charge in [0, 0.05) is 12.4 Å². The molecule has 1 aromatic carbocycles. The molecule has 0 unspecified atom stereocenters. The fourth-order valence-electron chi connectivity index (χ4n) is 1.65. The van der Waals surface area contributed by atoms with Crippen molar-refractivity contribution in [3.8, 4) is 5.75 Å². The number of anilines is 1. The second kappa shape index (κ2) is 6.26. The van der Waals surface area contributed by atoms with Crippen molar-refractivity contribution in [3.05, 3.63) is 53.3 Å². The summed E-state index contributed by atoms with van der Waals surface area (Å²) in [5.74, 6) is 0.650. The van der Waals surface area contributed by atoms with Crippen molar-refractivity contribution < 1.29 is 4.74 Å². The molecular formula is C14H15ClN2O. The quantitative estimate of drug-likeness (QED) is 0.664. The first-order valence-corrected chi connectivity index (χ1v) is 6.21. The molecule has 18 heavy (non-hydrogen) atoms. The highest BCUT2D eigenvalue weighted by atomic mass is 35.5. The van der Waals surface area contributed by atoms with Crippen molar-refractivity contribution >= 4 is 17.3 Å². The number of benzene rings is 1. The summed E-state index contributed by atoms with van der Waals surface area (Å²) in [6, 6.07) is 9.42. The summed E-state index contributed by atoms with van der Waals surface area (Å²) in [6.07, 6.45) is 5.48. The summed E-state index contributed by atoms with van der Waals surface area (Å²) < 4.78 is 5.61. The molecule has 0 saturated heterocycles. The SMILES string of the molecule is Nc1c(Cl)cccc1OCCCc1ccncc1. The van der Waals surface area contributed by atoms with E-state index in [0.717, 1.165) is 12.8 Å². The topological polar surface area (TPSA) is 48.1 Å². The van der Waals surface area contributed by atoms with E-state index in [1.54, 1.807) is 18.5 Å². The van der Waals surface area contributed by atoms with Crippen molar-refractivity contribution in [2.24, 2.45) is 0 Å². The van der Waals surface area contributed by atoms with Gasteiger partial charge in [-0.1, -0.05) is 17.7 Å². The van der Waals surface area contributed by atoms with E-state index in [1.807, 2.05) is 24.3 Å². The second-order valence-electron chi connectivity index (χ2n) is 3.96. The molecule has 0 amide bonds. The highest BCUT2D eigenvalue weighted by molar-refractivity contribution is 6.33. The molecular weight excluding hydrogens is 248 g/mol. The molecule has 3 nitrogen and oxygen atoms in total. The smallest absolute Gasteiger partial charge is 0.143 e. The Kier molecular flexibility index (Phi) is 4.42. The Hall–Kier alpha value is -1.74. The van der Waals surface area contributed by atoms with Crippen LogP contribution in [0.2, 0.25) is 5.02 Å². The van der Waals surface area contributed by atoms with Crippen LogP contribution in [-0.2, 0) is 6.42 Å². The Morgan fingerprint density at radius 2 is 1.94 bits per heavy atom. The first-order valence-electron chi connectivity index (χ1n) is 5.83. The van der Waals surface area contributed by atoms with Gasteiger partial charge < -0.3 is 10.5 Å². The Morgan fingerprint density at radius 1 is 1.17 bits per heavy atom. The van der Waals surface area contributed by atoms with Gasteiger partial charge in [-0.3, -0.25) is 4.98 Å². The van der Waals surface area contributed by atoms with Gasteiger partial charge in [-0.25, -0.2) is 0 Å². The molecule has 2 rings (SSSR count). The Bertz CT molecular complexity index is 502. The van der Waals surface area contributed by atoms with Gasteiger partial charge in [0.25, 0.3) is 0 Å². The average Bonchev–Trinajstić information content (AvgIpc) is 2.40. The second-order valence-corrected chi connectivity index (χ2v) is 4.37. The maximum atomic E-state index is 5.91. The molecule has 1 heterocycles. The maximum absolute atomic E-state index is 5.91. The van der Waals surface area contributed by atoms with Crippen molar-refractivity contribution in [1.29, 1.82) is 0 Å². The van der Waals surface area contributed by atoms with Gasteiger partial charge in [-0.15, -0.1) is 0 Å². The van der Waals surface area contributed by atoms with Crippen LogP contribution in [0.15, 0.2) is 42.7 Å². The monoisotopic (exact) mass is 262 g/mol. The largest absolute Gasteiger partial charge is 0.491 e. The van der Waals surface area contributed by atoms with Crippen molar-refractivity contribution in [2.75, 3.05) is 12.3 Å². The maximum Gasteiger partial charge on any atom is 0.143 e. The fraction of sp³-hybridized carbons (Fsp3) is 0.214. The molecule has 94 valence electrons. The van der Waals surface area contributed by atoms with Crippen molar-refractivity contribution in [2.45, 2.75) is 12.8 Å². The van der Waals surface area contributed by atoms with Gasteiger partial charge in [0.1, 0.15) is 5.75 Å². The summed E-state index contributed by atoms with van der Waals surface area (Å²) in [4.78, 5) is 3.98. The molecule has 0 aliphatic rings. The third kappa shape index (κ3) is 3.37. The molecule has 0 bridgehead atoms. The van der Waals surface area contributed by atoms with E-state index in [0.29, 0.717) is 23.1 Å². The van der Waals surface area contributed by atoms with Gasteiger partial charge in [-0.05, 0) is 42.7 Å². The first-order chi connectivity index (χ1) is 8.77. The minimum absolute atomic E-state index is 0.503. The van der Waals surface area contributed by atoms with Crippen LogP contribution in [-0.4, -0.2) is 11.6 Å². The highest BCUT2D eigenvalue weighted by Gasteiger charge is 2.03. The Morgan fingerprint density at radius 3 is 2.72 bits per heavy atom. The van der Waals surface area contributed by atoms with Crippen LogP contribution in [0.3, 0.4) is 0 Å². The normalized spacial score (nSPS) is 10.3. The molecule has 4 heteroatoms. The van der Waals surface area contributed by atoms with Crippen molar-refractivity contribution in [1.82, 2.24) is 4.98 Å². The van der Waals surface area contributed by atoms with Gasteiger partial charge in [0.05, 0.1) is 17.3 Å². The molecule has 0 radical (unpaired) electrons. The summed E-state index contributed by atoms with van der Waals surface area (Å²) >= 11 is 5.91. The summed E-state index contributed by atoms with van der Waals surface area (Å²) in [7, 11) is 0. The third-order valence-corrected chi connectivity index (χ3v) is 2.96. The number of rotatable bonds is 5. The molecule has 0 saturated carbocycles. The zero-order chi connectivity index (χ0) is 12.8. The van der Waals surface area contributed by atoms with Gasteiger partial charge >= 0.3 is 0 Å². The lowest BCUT2D eigenvalue weighted by Crippen LogP contribution is -2.02. The standard InChI is InChI=1S/C14H15ClN2O/c15-12-4-1-5-13(14(12)16)18-10-2-3-11-6-8-17-9-7-11/h1,4-9H,2-3,10,16H2. The number of nitrogen functional groups attached to an aromatic ring is 1. The molecule has 0 aliphatic carbocycles. The lowest BCUT2D eigenvalue weighted by atomic mass is 10.1. The summed E-state index contributed by atoms with van der Waals surface area (Å²) in [5, 5.41) is 0.529. The van der Waals surface area contributed by atoms with E-state index in [1.165, 1.54) is 5.56 Å². The minimum atomic E-state index is 0.503. The number of aryl methyl sites for hydroxylation is 1. The van der Waals surface area contributed by atoms with Crippen LogP contribution in [0.4, 0.5) is 5.69 Å². The number of nitrogens with zero attached hydrogens (tertiary/aromatic N) is 1. The van der Waals surface area contributed by atoms with Gasteiger partial charge in [-0.2, -0.15) is 0 Å². The molecule has 1 aromatic heterocycles.